The van der Waals surface area contributed by atoms with Crippen molar-refractivity contribution in [3.05, 3.63) is 82.4 Å². The molecule has 4 amide bonds. The van der Waals surface area contributed by atoms with Crippen LogP contribution in [-0.4, -0.2) is 119 Å². The summed E-state index contributed by atoms with van der Waals surface area (Å²) in [6, 6.07) is 16.4. The monoisotopic (exact) mass is 826 g/mol. The fourth-order valence-electron chi connectivity index (χ4n) is 10.6. The van der Waals surface area contributed by atoms with Crippen LogP contribution in [0.15, 0.2) is 59.9 Å². The molecule has 0 spiro atoms. The van der Waals surface area contributed by atoms with Crippen LogP contribution in [0.4, 0.5) is 0 Å². The number of rotatable bonds is 0. The van der Waals surface area contributed by atoms with E-state index >= 15 is 0 Å². The quantitative estimate of drug-likeness (QED) is 0.148. The van der Waals surface area contributed by atoms with Gasteiger partial charge in [0.1, 0.15) is 11.4 Å². The molecule has 0 saturated carbocycles. The fraction of sp³-hybridized carbons (Fsp3) is 0.510. The number of carbonyl (C=O) groups excluding carboxylic acids is 4. The van der Waals surface area contributed by atoms with Crippen molar-refractivity contribution in [2.24, 2.45) is 0 Å². The van der Waals surface area contributed by atoms with Gasteiger partial charge in [-0.25, -0.2) is 0 Å². The maximum atomic E-state index is 13.6. The van der Waals surface area contributed by atoms with Crippen molar-refractivity contribution >= 4 is 56.6 Å². The molecule has 4 N–H and O–H groups in total. The van der Waals surface area contributed by atoms with Crippen LogP contribution in [-0.2, 0) is 32.0 Å². The molecule has 2 aromatic carbocycles. The molecule has 2 aromatic heterocycles. The van der Waals surface area contributed by atoms with Gasteiger partial charge >= 0.3 is 0 Å². The summed E-state index contributed by atoms with van der Waals surface area (Å²) in [7, 11) is 0. The van der Waals surface area contributed by atoms with Gasteiger partial charge in [0.25, 0.3) is 23.6 Å². The normalized spacial score (nSPS) is 23.6. The van der Waals surface area contributed by atoms with E-state index in [0.29, 0.717) is 48.7 Å². The summed E-state index contributed by atoms with van der Waals surface area (Å²) < 4.78 is 0. The largest absolute Gasteiger partial charge is 0.364 e. The Bertz CT molecular complexity index is 2180. The number of benzene rings is 2. The first-order chi connectivity index (χ1) is 29.9. The van der Waals surface area contributed by atoms with Crippen molar-refractivity contribution in [1.29, 1.82) is 0 Å². The number of H-pyrrole nitrogens is 2. The van der Waals surface area contributed by atoms with Crippen molar-refractivity contribution in [2.75, 3.05) is 65.4 Å². The Morgan fingerprint density at radius 1 is 0.377 bits per heavy atom. The maximum absolute atomic E-state index is 13.6. The molecule has 0 unspecified atom stereocenters. The Hall–Kier alpha value is -5.20. The van der Waals surface area contributed by atoms with Crippen LogP contribution in [0.3, 0.4) is 0 Å². The number of carbonyl (C=O) groups is 4. The highest BCUT2D eigenvalue weighted by Crippen LogP contribution is 2.37. The summed E-state index contributed by atoms with van der Waals surface area (Å²) in [5, 5.41) is 7.34. The number of aryl methyl sites for hydroxylation is 2. The molecule has 0 aliphatic carbocycles. The molecular formula is C49H62N8O4. The van der Waals surface area contributed by atoms with E-state index in [0.717, 1.165) is 141 Å². The van der Waals surface area contributed by atoms with E-state index in [-0.39, 0.29) is 23.6 Å². The summed E-state index contributed by atoms with van der Waals surface area (Å²) in [5.74, 6) is -1.13. The molecule has 2 fully saturated rings. The molecule has 7 aliphatic rings. The number of hydrogen-bond donors (Lipinski definition) is 4. The van der Waals surface area contributed by atoms with Gasteiger partial charge in [0, 0.05) is 96.7 Å². The lowest BCUT2D eigenvalue weighted by molar-refractivity contribution is -0.126. The molecule has 9 heterocycles. The van der Waals surface area contributed by atoms with E-state index in [2.05, 4.69) is 64.5 Å². The first-order valence-electron chi connectivity index (χ1n) is 23.3. The molecule has 12 nitrogen and oxygen atoms in total. The Balaban J connectivity index is 0.893. The lowest BCUT2D eigenvalue weighted by atomic mass is 9.97. The Morgan fingerprint density at radius 2 is 0.738 bits per heavy atom. The Kier molecular flexibility index (Phi) is 12.7. The van der Waals surface area contributed by atoms with E-state index in [1.165, 1.54) is 38.5 Å². The molecule has 7 aliphatic heterocycles. The maximum Gasteiger partial charge on any atom is 0.275 e. The number of imide groups is 2. The van der Waals surface area contributed by atoms with Crippen LogP contribution in [0.5, 0.6) is 0 Å². The first-order valence-corrected chi connectivity index (χ1v) is 23.3. The highest BCUT2D eigenvalue weighted by atomic mass is 16.2. The number of aromatic nitrogens is 2. The minimum absolute atomic E-state index is 0.279. The third-order valence-corrected chi connectivity index (χ3v) is 13.8. The van der Waals surface area contributed by atoms with Crippen LogP contribution in [0.2, 0.25) is 0 Å². The molecule has 11 rings (SSSR count). The molecule has 2 saturated heterocycles. The van der Waals surface area contributed by atoms with Crippen LogP contribution < -0.4 is 10.6 Å². The van der Waals surface area contributed by atoms with Gasteiger partial charge in [-0.1, -0.05) is 94.2 Å². The van der Waals surface area contributed by atoms with Gasteiger partial charge in [0.2, 0.25) is 0 Å². The van der Waals surface area contributed by atoms with E-state index in [1.54, 1.807) is 0 Å². The molecule has 12 heteroatoms. The first kappa shape index (κ1) is 41.2. The lowest BCUT2D eigenvalue weighted by Gasteiger charge is -2.37. The summed E-state index contributed by atoms with van der Waals surface area (Å²) in [5.41, 5.74) is 8.06. The van der Waals surface area contributed by atoms with Gasteiger partial charge in [-0.3, -0.25) is 39.6 Å². The van der Waals surface area contributed by atoms with Crippen LogP contribution in [0.25, 0.3) is 33.0 Å². The van der Waals surface area contributed by atoms with Gasteiger partial charge in [0.15, 0.2) is 0 Å². The van der Waals surface area contributed by atoms with Crippen molar-refractivity contribution in [3.8, 4) is 0 Å². The molecule has 4 aromatic rings. The smallest absolute Gasteiger partial charge is 0.275 e. The fourth-order valence-corrected chi connectivity index (χ4v) is 10.6. The van der Waals surface area contributed by atoms with Crippen LogP contribution >= 0.6 is 0 Å². The number of hydrogen-bond acceptors (Lipinski definition) is 8. The topological polar surface area (TPSA) is 137 Å². The number of fused-ring (bicyclic) bond motifs is 4. The molecule has 0 atom stereocenters. The summed E-state index contributed by atoms with van der Waals surface area (Å²) in [6.45, 7) is 8.31. The lowest BCUT2D eigenvalue weighted by Crippen LogP contribution is -2.47. The molecule has 61 heavy (non-hydrogen) atoms. The molecule has 322 valence electrons. The van der Waals surface area contributed by atoms with Crippen molar-refractivity contribution in [1.82, 2.24) is 40.2 Å². The van der Waals surface area contributed by atoms with Crippen molar-refractivity contribution in [3.63, 3.8) is 0 Å². The van der Waals surface area contributed by atoms with Gasteiger partial charge in [-0.2, -0.15) is 0 Å². The van der Waals surface area contributed by atoms with Gasteiger partial charge in [-0.05, 0) is 63.7 Å². The van der Waals surface area contributed by atoms with Gasteiger partial charge < -0.3 is 19.8 Å². The Labute approximate surface area is 359 Å². The van der Waals surface area contributed by atoms with Crippen molar-refractivity contribution < 1.29 is 19.2 Å². The minimum Gasteiger partial charge on any atom is -0.364 e. The molecular weight excluding hydrogens is 765 g/mol. The zero-order chi connectivity index (χ0) is 41.7. The van der Waals surface area contributed by atoms with E-state index in [9.17, 15) is 19.2 Å². The number of para-hydroxylation sites is 2. The van der Waals surface area contributed by atoms with Crippen LogP contribution in [0.1, 0.15) is 106 Å². The second kappa shape index (κ2) is 18.8. The predicted octanol–water partition coefficient (Wildman–Crippen LogP) is 6.49. The average molecular weight is 827 g/mol. The van der Waals surface area contributed by atoms with Gasteiger partial charge in [-0.15, -0.1) is 0 Å². The SMILES string of the molecule is O=C1NC(=O)C2=C1c1c([nH]c3ccccc13)CCCCCCCCCCCCc1[nH]c3ccccc3c1C1=C(C(=O)NC1=O)N1CCN(CCCCCN3CCN2CC3)CC1. The zero-order valence-corrected chi connectivity index (χ0v) is 35.7. The van der Waals surface area contributed by atoms with E-state index in [1.807, 2.05) is 24.3 Å². The molecule has 0 radical (unpaired) electrons. The number of amides is 4. The highest BCUT2D eigenvalue weighted by molar-refractivity contribution is 6.38. The highest BCUT2D eigenvalue weighted by Gasteiger charge is 2.39. The van der Waals surface area contributed by atoms with Gasteiger partial charge in [0.05, 0.1) is 11.1 Å². The number of nitrogens with zero attached hydrogens (tertiary/aromatic N) is 4. The molecule has 4 bridgehead atoms. The number of piperazine rings is 2. The average Bonchev–Trinajstić information content (AvgIpc) is 3.99. The minimum atomic E-state index is -0.286. The summed E-state index contributed by atoms with van der Waals surface area (Å²) in [6.07, 6.45) is 16.6. The summed E-state index contributed by atoms with van der Waals surface area (Å²) in [4.78, 5) is 70.7. The second-order valence-corrected chi connectivity index (χ2v) is 17.8. The van der Waals surface area contributed by atoms with Crippen molar-refractivity contribution in [2.45, 2.75) is 96.3 Å². The number of nitrogens with one attached hydrogen (secondary N) is 4. The Morgan fingerprint density at radius 3 is 1.15 bits per heavy atom. The zero-order valence-electron chi connectivity index (χ0n) is 35.7. The number of aromatic amines is 2. The standard InChI is InChI=1S/C49H62N8O4/c58-46-42-40-34-18-12-14-20-36(34)50-38(40)22-10-7-5-3-1-2-4-6-8-11-23-39-41(35-19-13-15-21-37(35)51-39)43-45(49(61)53-47(43)59)57-32-28-55(29-33-57)25-17-9-16-24-54-26-30-56(31-27-54)44(42)48(60)52-46/h12-15,18-21,50-51H,1-11,16-17,22-33H2,(H,52,58,60)(H,53,59,61). The van der Waals surface area contributed by atoms with E-state index in [4.69, 9.17) is 0 Å². The second-order valence-electron chi connectivity index (χ2n) is 17.8. The predicted molar refractivity (Wildman–Crippen MR) is 240 cm³/mol. The van der Waals surface area contributed by atoms with E-state index < -0.39 is 0 Å². The third-order valence-electron chi connectivity index (χ3n) is 13.8. The van der Waals surface area contributed by atoms with Crippen LogP contribution in [0, 0.1) is 0 Å². The summed E-state index contributed by atoms with van der Waals surface area (Å²) >= 11 is 0. The third kappa shape index (κ3) is 8.79.